The maximum atomic E-state index is 13.6. The van der Waals surface area contributed by atoms with Crippen molar-refractivity contribution in [1.29, 1.82) is 0 Å². The number of amides is 1. The van der Waals surface area contributed by atoms with Crippen molar-refractivity contribution in [2.75, 3.05) is 41.5 Å². The first kappa shape index (κ1) is 20.5. The molecule has 2 aromatic carbocycles. The van der Waals surface area contributed by atoms with Gasteiger partial charge in [-0.05, 0) is 55.6 Å². The van der Waals surface area contributed by atoms with Crippen LogP contribution in [0.25, 0.3) is 0 Å². The van der Waals surface area contributed by atoms with Gasteiger partial charge in [-0.3, -0.25) is 9.69 Å². The molecular weight excluding hydrogens is 380 g/mol. The van der Waals surface area contributed by atoms with Gasteiger partial charge in [0.2, 0.25) is 5.75 Å². The minimum atomic E-state index is -0.0554. The van der Waals surface area contributed by atoms with Crippen molar-refractivity contribution in [1.82, 2.24) is 9.80 Å². The average molecular weight is 411 g/mol. The van der Waals surface area contributed by atoms with E-state index in [4.69, 9.17) is 14.2 Å². The van der Waals surface area contributed by atoms with Crippen LogP contribution in [0.15, 0.2) is 36.4 Å². The molecule has 2 atom stereocenters. The van der Waals surface area contributed by atoms with Gasteiger partial charge in [0.25, 0.3) is 5.91 Å². The number of ether oxygens (including phenoxy) is 3. The molecule has 160 valence electrons. The molecule has 1 amide bonds. The monoisotopic (exact) mass is 410 g/mol. The highest BCUT2D eigenvalue weighted by Gasteiger charge is 2.41. The van der Waals surface area contributed by atoms with Gasteiger partial charge in [-0.2, -0.15) is 0 Å². The molecule has 0 saturated carbocycles. The molecule has 1 heterocycles. The van der Waals surface area contributed by atoms with Crippen LogP contribution in [-0.4, -0.2) is 63.2 Å². The number of carbonyl (C=O) groups is 1. The number of benzene rings is 2. The summed E-state index contributed by atoms with van der Waals surface area (Å²) in [4.78, 5) is 18.0. The van der Waals surface area contributed by atoms with E-state index in [1.165, 1.54) is 24.0 Å². The molecule has 6 heteroatoms. The van der Waals surface area contributed by atoms with Crippen LogP contribution in [-0.2, 0) is 6.42 Å². The van der Waals surface area contributed by atoms with Crippen LogP contribution < -0.4 is 14.2 Å². The lowest BCUT2D eigenvalue weighted by atomic mass is 10.0. The molecule has 6 nitrogen and oxygen atoms in total. The second-order valence-electron chi connectivity index (χ2n) is 7.99. The summed E-state index contributed by atoms with van der Waals surface area (Å²) in [5, 5.41) is 0. The van der Waals surface area contributed by atoms with Crippen molar-refractivity contribution in [2.24, 2.45) is 0 Å². The third-order valence-corrected chi connectivity index (χ3v) is 6.43. The highest BCUT2D eigenvalue weighted by atomic mass is 16.5. The Bertz CT molecular complexity index is 898. The van der Waals surface area contributed by atoms with E-state index in [0.717, 1.165) is 19.5 Å². The van der Waals surface area contributed by atoms with Crippen LogP contribution in [0.3, 0.4) is 0 Å². The molecule has 1 aliphatic carbocycles. The largest absolute Gasteiger partial charge is 0.493 e. The Balaban J connectivity index is 1.70. The number of rotatable bonds is 6. The van der Waals surface area contributed by atoms with Crippen LogP contribution >= 0.6 is 0 Å². The van der Waals surface area contributed by atoms with E-state index < -0.39 is 0 Å². The van der Waals surface area contributed by atoms with Crippen LogP contribution in [0.5, 0.6) is 17.2 Å². The second-order valence-corrected chi connectivity index (χ2v) is 7.99. The van der Waals surface area contributed by atoms with E-state index in [9.17, 15) is 4.79 Å². The lowest BCUT2D eigenvalue weighted by Crippen LogP contribution is -2.44. The van der Waals surface area contributed by atoms with Crippen LogP contribution in [0.1, 0.15) is 40.4 Å². The summed E-state index contributed by atoms with van der Waals surface area (Å²) >= 11 is 0. The zero-order valence-electron chi connectivity index (χ0n) is 18.2. The molecule has 2 aliphatic rings. The summed E-state index contributed by atoms with van der Waals surface area (Å²) < 4.78 is 16.3. The number of likely N-dealkylation sites (tertiary alicyclic amines) is 1. The molecule has 1 saturated heterocycles. The number of hydrogen-bond donors (Lipinski definition) is 0. The van der Waals surface area contributed by atoms with Gasteiger partial charge >= 0.3 is 0 Å². The van der Waals surface area contributed by atoms with E-state index in [0.29, 0.717) is 28.9 Å². The molecule has 2 aromatic rings. The Kier molecular flexibility index (Phi) is 5.86. The van der Waals surface area contributed by atoms with Crippen molar-refractivity contribution < 1.29 is 19.0 Å². The fraction of sp³-hybridized carbons (Fsp3) is 0.458. The molecule has 4 rings (SSSR count). The first-order chi connectivity index (χ1) is 14.6. The summed E-state index contributed by atoms with van der Waals surface area (Å²) in [7, 11) is 6.59. The molecule has 1 fully saturated rings. The zero-order valence-corrected chi connectivity index (χ0v) is 18.2. The number of carbonyl (C=O) groups excluding carboxylic acids is 1. The van der Waals surface area contributed by atoms with Gasteiger partial charge in [0.1, 0.15) is 0 Å². The predicted molar refractivity (Wildman–Crippen MR) is 116 cm³/mol. The van der Waals surface area contributed by atoms with Gasteiger partial charge in [0.05, 0.1) is 27.4 Å². The van der Waals surface area contributed by atoms with Gasteiger partial charge in [-0.25, -0.2) is 0 Å². The minimum Gasteiger partial charge on any atom is -0.493 e. The summed E-state index contributed by atoms with van der Waals surface area (Å²) in [6.45, 7) is 2.20. The first-order valence-electron chi connectivity index (χ1n) is 10.5. The van der Waals surface area contributed by atoms with Gasteiger partial charge in [0.15, 0.2) is 11.5 Å². The van der Waals surface area contributed by atoms with E-state index >= 15 is 0 Å². The van der Waals surface area contributed by atoms with Crippen molar-refractivity contribution in [3.05, 3.63) is 53.1 Å². The second kappa shape index (κ2) is 8.56. The van der Waals surface area contributed by atoms with Gasteiger partial charge < -0.3 is 19.1 Å². The fourth-order valence-corrected chi connectivity index (χ4v) is 4.96. The van der Waals surface area contributed by atoms with Crippen molar-refractivity contribution in [3.8, 4) is 17.2 Å². The summed E-state index contributed by atoms with van der Waals surface area (Å²) in [5.41, 5.74) is 3.11. The number of likely N-dealkylation sites (N-methyl/N-ethyl adjacent to an activating group) is 1. The normalized spacial score (nSPS) is 20.7. The Labute approximate surface area is 178 Å². The van der Waals surface area contributed by atoms with Crippen LogP contribution in [0.2, 0.25) is 0 Å². The third-order valence-electron chi connectivity index (χ3n) is 6.43. The highest BCUT2D eigenvalue weighted by Crippen LogP contribution is 2.42. The standard InChI is InChI=1S/C24H30N2O4/c1-25(24(27)17-14-20(28-2)23(30-4)21(15-17)29-3)22-18-10-6-5-9-16(18)13-19(22)26-11-7-8-12-26/h5-6,9-10,14-15,19,22H,7-8,11-13H2,1-4H3. The Hall–Kier alpha value is -2.73. The molecule has 0 N–H and O–H groups in total. The minimum absolute atomic E-state index is 0.0193. The maximum absolute atomic E-state index is 13.6. The number of fused-ring (bicyclic) bond motifs is 1. The summed E-state index contributed by atoms with van der Waals surface area (Å²) in [6, 6.07) is 12.3. The number of hydrogen-bond acceptors (Lipinski definition) is 5. The third kappa shape index (κ3) is 3.49. The van der Waals surface area contributed by atoms with Crippen LogP contribution in [0.4, 0.5) is 0 Å². The highest BCUT2D eigenvalue weighted by molar-refractivity contribution is 5.96. The molecular formula is C24H30N2O4. The topological polar surface area (TPSA) is 51.2 Å². The maximum Gasteiger partial charge on any atom is 0.254 e. The zero-order chi connectivity index (χ0) is 21.3. The number of methoxy groups -OCH3 is 3. The molecule has 0 aromatic heterocycles. The molecule has 1 aliphatic heterocycles. The molecule has 30 heavy (non-hydrogen) atoms. The molecule has 2 unspecified atom stereocenters. The fourth-order valence-electron chi connectivity index (χ4n) is 4.96. The quantitative estimate of drug-likeness (QED) is 0.729. The first-order valence-corrected chi connectivity index (χ1v) is 10.5. The summed E-state index contributed by atoms with van der Waals surface area (Å²) in [6.07, 6.45) is 3.43. The van der Waals surface area contributed by atoms with E-state index in [1.807, 2.05) is 11.9 Å². The molecule has 0 radical (unpaired) electrons. The smallest absolute Gasteiger partial charge is 0.254 e. The summed E-state index contributed by atoms with van der Waals surface area (Å²) in [5.74, 6) is 1.40. The van der Waals surface area contributed by atoms with Gasteiger partial charge in [0, 0.05) is 18.7 Å². The van der Waals surface area contributed by atoms with E-state index in [1.54, 1.807) is 33.5 Å². The lowest BCUT2D eigenvalue weighted by molar-refractivity contribution is 0.0624. The Morgan fingerprint density at radius 2 is 1.63 bits per heavy atom. The van der Waals surface area contributed by atoms with Crippen molar-refractivity contribution in [2.45, 2.75) is 31.3 Å². The Morgan fingerprint density at radius 3 is 2.23 bits per heavy atom. The molecule has 0 spiro atoms. The van der Waals surface area contributed by atoms with E-state index in [2.05, 4.69) is 29.2 Å². The van der Waals surface area contributed by atoms with Crippen molar-refractivity contribution in [3.63, 3.8) is 0 Å². The number of nitrogens with zero attached hydrogens (tertiary/aromatic N) is 2. The molecule has 0 bridgehead atoms. The lowest BCUT2D eigenvalue weighted by Gasteiger charge is -2.35. The van der Waals surface area contributed by atoms with Gasteiger partial charge in [-0.15, -0.1) is 0 Å². The predicted octanol–water partition coefficient (Wildman–Crippen LogP) is 3.55. The van der Waals surface area contributed by atoms with Crippen LogP contribution in [0, 0.1) is 0 Å². The van der Waals surface area contributed by atoms with E-state index in [-0.39, 0.29) is 11.9 Å². The van der Waals surface area contributed by atoms with Crippen molar-refractivity contribution >= 4 is 5.91 Å². The average Bonchev–Trinajstić information content (AvgIpc) is 3.44. The van der Waals surface area contributed by atoms with Gasteiger partial charge in [-0.1, -0.05) is 24.3 Å². The Morgan fingerprint density at radius 1 is 1.00 bits per heavy atom. The SMILES string of the molecule is COc1cc(C(=O)N(C)C2c3ccccc3CC2N2CCCC2)cc(OC)c1OC.